The van der Waals surface area contributed by atoms with Gasteiger partial charge >= 0.3 is 11.9 Å². The zero-order valence-corrected chi connectivity index (χ0v) is 9.10. The van der Waals surface area contributed by atoms with Gasteiger partial charge in [0.2, 0.25) is 0 Å². The van der Waals surface area contributed by atoms with E-state index in [1.807, 2.05) is 0 Å². The van der Waals surface area contributed by atoms with Crippen LogP contribution in [0.25, 0.3) is 6.08 Å². The number of esters is 2. The molecule has 16 heavy (non-hydrogen) atoms. The minimum atomic E-state index is -0.441. The second-order valence-electron chi connectivity index (χ2n) is 2.97. The minimum absolute atomic E-state index is 0.409. The second-order valence-corrected chi connectivity index (χ2v) is 2.97. The lowest BCUT2D eigenvalue weighted by Crippen LogP contribution is -2.00. The van der Waals surface area contributed by atoms with Gasteiger partial charge in [0.05, 0.1) is 19.8 Å². The lowest BCUT2D eigenvalue weighted by atomic mass is 10.1. The Kier molecular flexibility index (Phi) is 4.27. The number of carbonyl (C=O) groups is 2. The fraction of sp³-hybridized carbons (Fsp3) is 0.167. The van der Waals surface area contributed by atoms with Gasteiger partial charge in [-0.15, -0.1) is 0 Å². The van der Waals surface area contributed by atoms with Crippen LogP contribution in [0.4, 0.5) is 0 Å². The molecular formula is C12H12O4. The van der Waals surface area contributed by atoms with Crippen LogP contribution < -0.4 is 0 Å². The smallest absolute Gasteiger partial charge is 0.337 e. The fourth-order valence-electron chi connectivity index (χ4n) is 1.12. The van der Waals surface area contributed by atoms with E-state index in [0.717, 1.165) is 5.56 Å². The van der Waals surface area contributed by atoms with Crippen molar-refractivity contribution in [2.75, 3.05) is 14.2 Å². The molecule has 0 heterocycles. The van der Waals surface area contributed by atoms with E-state index >= 15 is 0 Å². The predicted octanol–water partition coefficient (Wildman–Crippen LogP) is 1.66. The molecule has 84 valence electrons. The second kappa shape index (κ2) is 5.70. The van der Waals surface area contributed by atoms with E-state index in [1.165, 1.54) is 20.3 Å². The van der Waals surface area contributed by atoms with Crippen LogP contribution in [-0.2, 0) is 14.3 Å². The third-order valence-electron chi connectivity index (χ3n) is 1.92. The standard InChI is InChI=1S/C12H12O4/c1-15-11(13)7-6-9-4-3-5-10(8-9)12(14)16-2/h3-8H,1-2H3/b7-6+. The van der Waals surface area contributed by atoms with Gasteiger partial charge in [0.1, 0.15) is 0 Å². The third kappa shape index (κ3) is 3.24. The van der Waals surface area contributed by atoms with Crippen molar-refractivity contribution in [3.8, 4) is 0 Å². The summed E-state index contributed by atoms with van der Waals surface area (Å²) >= 11 is 0. The maximum Gasteiger partial charge on any atom is 0.337 e. The summed E-state index contributed by atoms with van der Waals surface area (Å²) < 4.78 is 9.04. The first-order valence-electron chi connectivity index (χ1n) is 4.62. The molecule has 1 rings (SSSR count). The van der Waals surface area contributed by atoms with Crippen LogP contribution in [0.2, 0.25) is 0 Å². The van der Waals surface area contributed by atoms with Gasteiger partial charge in [0.25, 0.3) is 0 Å². The van der Waals surface area contributed by atoms with Crippen molar-refractivity contribution in [3.05, 3.63) is 41.5 Å². The van der Waals surface area contributed by atoms with Crippen LogP contribution in [0, 0.1) is 0 Å². The van der Waals surface area contributed by atoms with Crippen LogP contribution in [0.15, 0.2) is 30.3 Å². The lowest BCUT2D eigenvalue weighted by molar-refractivity contribution is -0.134. The van der Waals surface area contributed by atoms with Gasteiger partial charge in [0, 0.05) is 6.08 Å². The van der Waals surface area contributed by atoms with Crippen LogP contribution in [0.1, 0.15) is 15.9 Å². The van der Waals surface area contributed by atoms with Crippen molar-refractivity contribution < 1.29 is 19.1 Å². The van der Waals surface area contributed by atoms with E-state index in [-0.39, 0.29) is 0 Å². The van der Waals surface area contributed by atoms with Gasteiger partial charge in [-0.2, -0.15) is 0 Å². The van der Waals surface area contributed by atoms with Crippen molar-refractivity contribution in [2.24, 2.45) is 0 Å². The van der Waals surface area contributed by atoms with E-state index < -0.39 is 11.9 Å². The molecule has 0 atom stereocenters. The highest BCUT2D eigenvalue weighted by molar-refractivity contribution is 5.91. The first kappa shape index (κ1) is 12.0. The molecule has 0 N–H and O–H groups in total. The van der Waals surface area contributed by atoms with Crippen molar-refractivity contribution in [1.82, 2.24) is 0 Å². The van der Waals surface area contributed by atoms with E-state index in [9.17, 15) is 9.59 Å². The zero-order chi connectivity index (χ0) is 12.0. The molecule has 0 radical (unpaired) electrons. The molecule has 0 aliphatic carbocycles. The highest BCUT2D eigenvalue weighted by Crippen LogP contribution is 2.08. The number of ether oxygens (including phenoxy) is 2. The average Bonchev–Trinajstić information content (AvgIpc) is 2.35. The molecule has 1 aromatic rings. The Labute approximate surface area is 93.5 Å². The molecule has 0 saturated carbocycles. The normalized spacial score (nSPS) is 10.1. The summed E-state index contributed by atoms with van der Waals surface area (Å²) in [6, 6.07) is 6.75. The number of hydrogen-bond acceptors (Lipinski definition) is 4. The molecule has 4 nitrogen and oxygen atoms in total. The van der Waals surface area contributed by atoms with Crippen molar-refractivity contribution in [2.45, 2.75) is 0 Å². The quantitative estimate of drug-likeness (QED) is 0.574. The topological polar surface area (TPSA) is 52.6 Å². The van der Waals surface area contributed by atoms with Crippen molar-refractivity contribution in [1.29, 1.82) is 0 Å². The van der Waals surface area contributed by atoms with Crippen LogP contribution in [-0.4, -0.2) is 26.2 Å². The summed E-state index contributed by atoms with van der Waals surface area (Å²) in [5, 5.41) is 0. The Bertz CT molecular complexity index is 421. The van der Waals surface area contributed by atoms with E-state index in [1.54, 1.807) is 30.3 Å². The number of methoxy groups -OCH3 is 2. The molecule has 0 amide bonds. The Morgan fingerprint density at radius 3 is 2.56 bits per heavy atom. The number of hydrogen-bond donors (Lipinski definition) is 0. The van der Waals surface area contributed by atoms with Gasteiger partial charge < -0.3 is 9.47 Å². The average molecular weight is 220 g/mol. The molecule has 0 aromatic heterocycles. The van der Waals surface area contributed by atoms with E-state index in [0.29, 0.717) is 5.56 Å². The van der Waals surface area contributed by atoms with Crippen LogP contribution in [0.3, 0.4) is 0 Å². The SMILES string of the molecule is COC(=O)/C=C/c1cccc(C(=O)OC)c1. The summed E-state index contributed by atoms with van der Waals surface area (Å²) in [7, 11) is 2.62. The third-order valence-corrected chi connectivity index (χ3v) is 1.92. The van der Waals surface area contributed by atoms with Crippen molar-refractivity contribution in [3.63, 3.8) is 0 Å². The van der Waals surface area contributed by atoms with E-state index in [4.69, 9.17) is 0 Å². The zero-order valence-electron chi connectivity index (χ0n) is 9.10. The van der Waals surface area contributed by atoms with Gasteiger partial charge in [-0.25, -0.2) is 9.59 Å². The van der Waals surface area contributed by atoms with Gasteiger partial charge in [-0.05, 0) is 23.8 Å². The first-order valence-corrected chi connectivity index (χ1v) is 4.62. The summed E-state index contributed by atoms with van der Waals surface area (Å²) in [5.41, 5.74) is 1.17. The predicted molar refractivity (Wildman–Crippen MR) is 58.8 cm³/mol. The lowest BCUT2D eigenvalue weighted by Gasteiger charge is -1.99. The summed E-state index contributed by atoms with van der Waals surface area (Å²) in [6.45, 7) is 0. The van der Waals surface area contributed by atoms with Gasteiger partial charge in [-0.3, -0.25) is 0 Å². The Morgan fingerprint density at radius 1 is 1.19 bits per heavy atom. The molecule has 0 spiro atoms. The largest absolute Gasteiger partial charge is 0.466 e. The number of carbonyl (C=O) groups excluding carboxylic acids is 2. The van der Waals surface area contributed by atoms with E-state index in [2.05, 4.69) is 9.47 Å². The summed E-state index contributed by atoms with van der Waals surface area (Å²) in [4.78, 5) is 22.1. The molecule has 0 saturated heterocycles. The highest BCUT2D eigenvalue weighted by atomic mass is 16.5. The molecule has 0 fully saturated rings. The molecular weight excluding hydrogens is 208 g/mol. The molecule has 4 heteroatoms. The fourth-order valence-corrected chi connectivity index (χ4v) is 1.12. The summed E-state index contributed by atoms with van der Waals surface area (Å²) in [5.74, 6) is -0.850. The number of benzene rings is 1. The monoisotopic (exact) mass is 220 g/mol. The molecule has 0 bridgehead atoms. The van der Waals surface area contributed by atoms with Gasteiger partial charge in [0.15, 0.2) is 0 Å². The first-order chi connectivity index (χ1) is 7.67. The molecule has 0 aliphatic heterocycles. The Hall–Kier alpha value is -2.10. The minimum Gasteiger partial charge on any atom is -0.466 e. The molecule has 1 aromatic carbocycles. The highest BCUT2D eigenvalue weighted by Gasteiger charge is 2.04. The Balaban J connectivity index is 2.86. The Morgan fingerprint density at radius 2 is 1.94 bits per heavy atom. The van der Waals surface area contributed by atoms with Crippen molar-refractivity contribution >= 4 is 18.0 Å². The maximum atomic E-state index is 11.2. The van der Waals surface area contributed by atoms with Crippen LogP contribution >= 0.6 is 0 Å². The maximum absolute atomic E-state index is 11.2. The summed E-state index contributed by atoms with van der Waals surface area (Å²) in [6.07, 6.45) is 2.86. The molecule has 0 unspecified atom stereocenters. The van der Waals surface area contributed by atoms with Gasteiger partial charge in [-0.1, -0.05) is 12.1 Å². The number of rotatable bonds is 3. The molecule has 0 aliphatic rings. The van der Waals surface area contributed by atoms with Crippen LogP contribution in [0.5, 0.6) is 0 Å².